The summed E-state index contributed by atoms with van der Waals surface area (Å²) in [7, 11) is 0. The van der Waals surface area contributed by atoms with Gasteiger partial charge in [0.05, 0.1) is 12.5 Å². The summed E-state index contributed by atoms with van der Waals surface area (Å²) in [5.74, 6) is -1.83. The molecule has 0 aromatic rings. The minimum Gasteiger partial charge on any atom is -0.481 e. The van der Waals surface area contributed by atoms with Crippen LogP contribution in [0.3, 0.4) is 0 Å². The third kappa shape index (κ3) is 4.11. The van der Waals surface area contributed by atoms with E-state index in [9.17, 15) is 14.4 Å². The Labute approximate surface area is 112 Å². The molecule has 0 aromatic heterocycles. The van der Waals surface area contributed by atoms with Crippen LogP contribution < -0.4 is 0 Å². The van der Waals surface area contributed by atoms with Gasteiger partial charge < -0.3 is 19.6 Å². The first-order valence-electron chi connectivity index (χ1n) is 6.41. The predicted molar refractivity (Wildman–Crippen MR) is 66.6 cm³/mol. The lowest BCUT2D eigenvalue weighted by atomic mass is 10.0. The number of esters is 1. The van der Waals surface area contributed by atoms with Crippen LogP contribution in [0.1, 0.15) is 20.3 Å². The van der Waals surface area contributed by atoms with Gasteiger partial charge in [-0.05, 0) is 13.3 Å². The van der Waals surface area contributed by atoms with E-state index in [4.69, 9.17) is 9.84 Å². The number of ether oxygens (including phenoxy) is 1. The Morgan fingerprint density at radius 2 is 1.95 bits per heavy atom. The Kier molecular flexibility index (Phi) is 5.59. The molecule has 108 valence electrons. The highest BCUT2D eigenvalue weighted by molar-refractivity contribution is 5.83. The van der Waals surface area contributed by atoms with Crippen LogP contribution in [0, 0.1) is 5.92 Å². The van der Waals surface area contributed by atoms with Gasteiger partial charge in [-0.3, -0.25) is 9.59 Å². The number of amides is 2. The highest BCUT2D eigenvalue weighted by Gasteiger charge is 2.37. The van der Waals surface area contributed by atoms with Crippen molar-refractivity contribution in [3.63, 3.8) is 0 Å². The van der Waals surface area contributed by atoms with Crippen molar-refractivity contribution in [3.8, 4) is 0 Å². The Balaban J connectivity index is 2.50. The van der Waals surface area contributed by atoms with Crippen molar-refractivity contribution in [2.75, 3.05) is 32.8 Å². The largest absolute Gasteiger partial charge is 0.481 e. The predicted octanol–water partition coefficient (Wildman–Crippen LogP) is 0.398. The molecule has 0 saturated carbocycles. The molecule has 1 N–H and O–H groups in total. The highest BCUT2D eigenvalue weighted by Crippen LogP contribution is 2.17. The maximum Gasteiger partial charge on any atom is 0.325 e. The summed E-state index contributed by atoms with van der Waals surface area (Å²) in [6, 6.07) is -0.299. The number of nitrogens with zero attached hydrogens (tertiary/aromatic N) is 2. The number of carboxylic acid groups (broad SMARTS) is 1. The summed E-state index contributed by atoms with van der Waals surface area (Å²) < 4.78 is 4.81. The number of carbonyl (C=O) groups is 3. The number of aliphatic carboxylic acids is 1. The fourth-order valence-corrected chi connectivity index (χ4v) is 1.87. The molecule has 0 atom stereocenters. The fourth-order valence-electron chi connectivity index (χ4n) is 1.87. The quantitative estimate of drug-likeness (QED) is 0.707. The first-order chi connectivity index (χ1) is 8.99. The van der Waals surface area contributed by atoms with Gasteiger partial charge in [-0.25, -0.2) is 4.79 Å². The number of rotatable bonds is 6. The second-order valence-electron chi connectivity index (χ2n) is 4.45. The first kappa shape index (κ1) is 15.3. The van der Waals surface area contributed by atoms with E-state index in [1.54, 1.807) is 6.92 Å². The molecule has 1 fully saturated rings. The van der Waals surface area contributed by atoms with Crippen LogP contribution in [-0.4, -0.2) is 65.7 Å². The van der Waals surface area contributed by atoms with E-state index in [1.807, 2.05) is 6.92 Å². The van der Waals surface area contributed by atoms with E-state index in [2.05, 4.69) is 0 Å². The third-order valence-electron chi connectivity index (χ3n) is 2.89. The van der Waals surface area contributed by atoms with E-state index < -0.39 is 17.9 Å². The fraction of sp³-hybridized carbons (Fsp3) is 0.750. The van der Waals surface area contributed by atoms with E-state index in [1.165, 1.54) is 9.80 Å². The van der Waals surface area contributed by atoms with Gasteiger partial charge in [0.2, 0.25) is 0 Å². The molecule has 0 aliphatic carbocycles. The Bertz CT molecular complexity index is 352. The van der Waals surface area contributed by atoms with Crippen molar-refractivity contribution in [3.05, 3.63) is 0 Å². The Morgan fingerprint density at radius 3 is 2.42 bits per heavy atom. The lowest BCUT2D eigenvalue weighted by Gasteiger charge is -2.39. The molecule has 1 aliphatic rings. The van der Waals surface area contributed by atoms with Crippen molar-refractivity contribution in [2.24, 2.45) is 5.92 Å². The normalized spacial score (nSPS) is 14.7. The summed E-state index contributed by atoms with van der Waals surface area (Å²) in [5, 5.41) is 8.76. The molecule has 1 rings (SSSR count). The van der Waals surface area contributed by atoms with Crippen LogP contribution >= 0.6 is 0 Å². The molecule has 1 heterocycles. The van der Waals surface area contributed by atoms with Crippen LogP contribution in [0.25, 0.3) is 0 Å². The zero-order valence-corrected chi connectivity index (χ0v) is 11.3. The Morgan fingerprint density at radius 1 is 1.32 bits per heavy atom. The lowest BCUT2D eigenvalue weighted by molar-refractivity contribution is -0.147. The zero-order chi connectivity index (χ0) is 14.4. The molecule has 1 saturated heterocycles. The van der Waals surface area contributed by atoms with Gasteiger partial charge in [-0.2, -0.15) is 0 Å². The molecule has 0 aromatic carbocycles. The molecule has 2 amide bonds. The average Bonchev–Trinajstić information content (AvgIpc) is 2.26. The van der Waals surface area contributed by atoms with Crippen LogP contribution in [0.5, 0.6) is 0 Å². The molecular formula is C12H20N2O5. The number of hydrogen-bond acceptors (Lipinski definition) is 4. The van der Waals surface area contributed by atoms with E-state index in [0.29, 0.717) is 6.54 Å². The molecule has 7 nitrogen and oxygen atoms in total. The minimum atomic E-state index is -0.892. The lowest BCUT2D eigenvalue weighted by Crippen LogP contribution is -2.57. The standard InChI is InChI=1S/C12H20N2O5/c1-3-5-13(8-10(15)19-4-2)12(18)14-6-9(7-14)11(16)17/h9H,3-8H2,1-2H3,(H,16,17). The van der Waals surface area contributed by atoms with Crippen LogP contribution in [0.15, 0.2) is 0 Å². The number of carbonyl (C=O) groups excluding carboxylic acids is 2. The Hall–Kier alpha value is -1.79. The molecule has 19 heavy (non-hydrogen) atoms. The number of likely N-dealkylation sites (tertiary alicyclic amines) is 1. The molecule has 1 aliphatic heterocycles. The summed E-state index contributed by atoms with van der Waals surface area (Å²) in [5.41, 5.74) is 0. The molecule has 0 bridgehead atoms. The van der Waals surface area contributed by atoms with Crippen LogP contribution in [0.4, 0.5) is 4.79 Å². The van der Waals surface area contributed by atoms with Crippen LogP contribution in [0.2, 0.25) is 0 Å². The average molecular weight is 272 g/mol. The van der Waals surface area contributed by atoms with Crippen molar-refractivity contribution in [2.45, 2.75) is 20.3 Å². The maximum atomic E-state index is 12.1. The van der Waals surface area contributed by atoms with Crippen molar-refractivity contribution < 1.29 is 24.2 Å². The summed E-state index contributed by atoms with van der Waals surface area (Å²) >= 11 is 0. The zero-order valence-electron chi connectivity index (χ0n) is 11.3. The van der Waals surface area contributed by atoms with Gasteiger partial charge in [0, 0.05) is 19.6 Å². The molecule has 0 unspecified atom stereocenters. The third-order valence-corrected chi connectivity index (χ3v) is 2.89. The summed E-state index contributed by atoms with van der Waals surface area (Å²) in [6.07, 6.45) is 0.724. The summed E-state index contributed by atoms with van der Waals surface area (Å²) in [4.78, 5) is 37.0. The monoisotopic (exact) mass is 272 g/mol. The van der Waals surface area contributed by atoms with Gasteiger partial charge in [0.15, 0.2) is 0 Å². The molecule has 7 heteroatoms. The summed E-state index contributed by atoms with van der Waals surface area (Å²) in [6.45, 7) is 4.66. The van der Waals surface area contributed by atoms with Gasteiger partial charge >= 0.3 is 18.0 Å². The van der Waals surface area contributed by atoms with E-state index in [0.717, 1.165) is 6.42 Å². The van der Waals surface area contributed by atoms with Gasteiger partial charge in [0.1, 0.15) is 6.54 Å². The SMILES string of the molecule is CCCN(CC(=O)OCC)C(=O)N1CC(C(=O)O)C1. The van der Waals surface area contributed by atoms with Crippen molar-refractivity contribution in [1.82, 2.24) is 9.80 Å². The second kappa shape index (κ2) is 6.96. The second-order valence-corrected chi connectivity index (χ2v) is 4.45. The van der Waals surface area contributed by atoms with Crippen LogP contribution in [-0.2, 0) is 14.3 Å². The van der Waals surface area contributed by atoms with Crippen molar-refractivity contribution in [1.29, 1.82) is 0 Å². The number of carboxylic acids is 1. The number of urea groups is 1. The van der Waals surface area contributed by atoms with Gasteiger partial charge in [0.25, 0.3) is 0 Å². The van der Waals surface area contributed by atoms with Gasteiger partial charge in [-0.15, -0.1) is 0 Å². The topological polar surface area (TPSA) is 87.2 Å². The van der Waals surface area contributed by atoms with E-state index >= 15 is 0 Å². The first-order valence-corrected chi connectivity index (χ1v) is 6.41. The van der Waals surface area contributed by atoms with Crippen molar-refractivity contribution >= 4 is 18.0 Å². The minimum absolute atomic E-state index is 0.0885. The number of hydrogen-bond donors (Lipinski definition) is 1. The maximum absolute atomic E-state index is 12.1. The highest BCUT2D eigenvalue weighted by atomic mass is 16.5. The van der Waals surface area contributed by atoms with E-state index in [-0.39, 0.29) is 32.3 Å². The van der Waals surface area contributed by atoms with Gasteiger partial charge in [-0.1, -0.05) is 6.92 Å². The molecular weight excluding hydrogens is 252 g/mol. The smallest absolute Gasteiger partial charge is 0.325 e. The molecule has 0 spiro atoms. The molecule has 0 radical (unpaired) electrons.